The van der Waals surface area contributed by atoms with Crippen LogP contribution >= 0.6 is 23.2 Å². The van der Waals surface area contributed by atoms with Gasteiger partial charge < -0.3 is 4.90 Å². The van der Waals surface area contributed by atoms with Crippen LogP contribution < -0.4 is 0 Å². The third-order valence-electron chi connectivity index (χ3n) is 3.12. The van der Waals surface area contributed by atoms with Gasteiger partial charge >= 0.3 is 0 Å². The Hall–Kier alpha value is -1.75. The molecule has 0 saturated heterocycles. The SMILES string of the molecule is CN(C)/C=C(\c1ccc(Cl)cc1)S(=O)(=O)/C=C/c1ccc(Cl)cc1. The van der Waals surface area contributed by atoms with Gasteiger partial charge in [-0.1, -0.05) is 47.5 Å². The summed E-state index contributed by atoms with van der Waals surface area (Å²) in [6.07, 6.45) is 3.12. The van der Waals surface area contributed by atoms with Crippen molar-refractivity contribution in [2.45, 2.75) is 0 Å². The van der Waals surface area contributed by atoms with Crippen LogP contribution in [0.25, 0.3) is 11.0 Å². The molecule has 0 aliphatic rings. The van der Waals surface area contributed by atoms with Crippen molar-refractivity contribution in [3.05, 3.63) is 81.3 Å². The van der Waals surface area contributed by atoms with E-state index >= 15 is 0 Å². The second kappa shape index (κ2) is 7.88. The largest absolute Gasteiger partial charge is 0.382 e. The van der Waals surface area contributed by atoms with E-state index in [1.807, 2.05) is 0 Å². The van der Waals surface area contributed by atoms with Crippen molar-refractivity contribution in [1.82, 2.24) is 4.90 Å². The lowest BCUT2D eigenvalue weighted by molar-refractivity contribution is 0.565. The molecule has 0 heterocycles. The summed E-state index contributed by atoms with van der Waals surface area (Å²) in [5, 5.41) is 2.35. The Morgan fingerprint density at radius 2 is 1.42 bits per heavy atom. The molecule has 0 amide bonds. The summed E-state index contributed by atoms with van der Waals surface area (Å²) in [5.74, 6) is 0. The van der Waals surface area contributed by atoms with Gasteiger partial charge in [0, 0.05) is 35.7 Å². The van der Waals surface area contributed by atoms with Crippen molar-refractivity contribution < 1.29 is 8.42 Å². The molecule has 0 unspecified atom stereocenters. The van der Waals surface area contributed by atoms with E-state index in [-0.39, 0.29) is 4.91 Å². The number of hydrogen-bond donors (Lipinski definition) is 0. The lowest BCUT2D eigenvalue weighted by atomic mass is 10.2. The maximum atomic E-state index is 12.8. The van der Waals surface area contributed by atoms with Gasteiger partial charge in [-0.25, -0.2) is 8.42 Å². The van der Waals surface area contributed by atoms with Gasteiger partial charge in [0.2, 0.25) is 9.84 Å². The van der Waals surface area contributed by atoms with E-state index in [4.69, 9.17) is 23.2 Å². The Bertz CT molecular complexity index is 853. The zero-order chi connectivity index (χ0) is 17.7. The third-order valence-corrected chi connectivity index (χ3v) is 5.07. The van der Waals surface area contributed by atoms with E-state index in [2.05, 4.69) is 0 Å². The van der Waals surface area contributed by atoms with Gasteiger partial charge in [0.05, 0.1) is 4.91 Å². The predicted octanol–water partition coefficient (Wildman–Crippen LogP) is 4.94. The first-order valence-corrected chi connectivity index (χ1v) is 9.41. The Balaban J connectivity index is 2.40. The molecule has 3 nitrogen and oxygen atoms in total. The predicted molar refractivity (Wildman–Crippen MR) is 103 cm³/mol. The molecule has 2 rings (SSSR count). The van der Waals surface area contributed by atoms with Crippen LogP contribution in [0, 0.1) is 0 Å². The first-order valence-electron chi connectivity index (χ1n) is 7.11. The molecular formula is C18H17Cl2NO2S. The first-order chi connectivity index (χ1) is 11.3. The zero-order valence-electron chi connectivity index (χ0n) is 13.3. The standard InChI is InChI=1S/C18H17Cl2NO2S/c1-21(2)13-18(15-5-9-17(20)10-6-15)24(22,23)12-11-14-3-7-16(19)8-4-14/h3-13H,1-2H3/b12-11+,18-13+. The van der Waals surface area contributed by atoms with E-state index < -0.39 is 9.84 Å². The monoisotopic (exact) mass is 381 g/mol. The van der Waals surface area contributed by atoms with Crippen LogP contribution in [0.2, 0.25) is 10.0 Å². The van der Waals surface area contributed by atoms with Crippen LogP contribution in [0.1, 0.15) is 11.1 Å². The second-order valence-corrected chi connectivity index (χ2v) is 8.04. The lowest BCUT2D eigenvalue weighted by Gasteiger charge is -2.11. The van der Waals surface area contributed by atoms with Crippen LogP contribution in [0.15, 0.2) is 60.1 Å². The highest BCUT2D eigenvalue weighted by molar-refractivity contribution is 8.03. The molecule has 0 aromatic heterocycles. The highest BCUT2D eigenvalue weighted by Crippen LogP contribution is 2.25. The zero-order valence-corrected chi connectivity index (χ0v) is 15.6. The summed E-state index contributed by atoms with van der Waals surface area (Å²) in [5.41, 5.74) is 1.33. The normalized spacial score (nSPS) is 12.6. The minimum absolute atomic E-state index is 0.203. The van der Waals surface area contributed by atoms with Gasteiger partial charge in [0.25, 0.3) is 0 Å². The lowest BCUT2D eigenvalue weighted by Crippen LogP contribution is -2.07. The molecule has 0 bridgehead atoms. The summed E-state index contributed by atoms with van der Waals surface area (Å²) >= 11 is 11.7. The average Bonchev–Trinajstić information content (AvgIpc) is 2.53. The van der Waals surface area contributed by atoms with E-state index in [9.17, 15) is 8.42 Å². The molecule has 2 aromatic carbocycles. The number of sulfone groups is 1. The van der Waals surface area contributed by atoms with Crippen molar-refractivity contribution >= 4 is 44.0 Å². The maximum Gasteiger partial charge on any atom is 0.201 e. The van der Waals surface area contributed by atoms with E-state index in [1.165, 1.54) is 5.41 Å². The van der Waals surface area contributed by atoms with Gasteiger partial charge in [-0.3, -0.25) is 0 Å². The van der Waals surface area contributed by atoms with Gasteiger partial charge in [-0.15, -0.1) is 0 Å². The van der Waals surface area contributed by atoms with Crippen molar-refractivity contribution in [3.8, 4) is 0 Å². The molecule has 0 fully saturated rings. The van der Waals surface area contributed by atoms with Gasteiger partial charge in [0.1, 0.15) is 0 Å². The first kappa shape index (κ1) is 18.6. The highest BCUT2D eigenvalue weighted by Gasteiger charge is 2.17. The minimum Gasteiger partial charge on any atom is -0.382 e. The Morgan fingerprint density at radius 3 is 1.92 bits per heavy atom. The van der Waals surface area contributed by atoms with Gasteiger partial charge in [-0.2, -0.15) is 0 Å². The smallest absolute Gasteiger partial charge is 0.201 e. The van der Waals surface area contributed by atoms with Crippen LogP contribution in [0.4, 0.5) is 0 Å². The van der Waals surface area contributed by atoms with Crippen LogP contribution in [-0.4, -0.2) is 27.4 Å². The van der Waals surface area contributed by atoms with E-state index in [1.54, 1.807) is 79.8 Å². The average molecular weight is 382 g/mol. The van der Waals surface area contributed by atoms with Crippen LogP contribution in [-0.2, 0) is 9.84 Å². The number of nitrogens with zero attached hydrogens (tertiary/aromatic N) is 1. The molecule has 126 valence electrons. The Morgan fingerprint density at radius 1 is 0.917 bits per heavy atom. The van der Waals surface area contributed by atoms with E-state index in [0.717, 1.165) is 5.56 Å². The molecule has 0 aliphatic carbocycles. The fraction of sp³-hybridized carbons (Fsp3) is 0.111. The third kappa shape index (κ3) is 5.13. The summed E-state index contributed by atoms with van der Waals surface area (Å²) in [6, 6.07) is 13.6. The molecule has 2 aromatic rings. The van der Waals surface area contributed by atoms with Crippen LogP contribution in [0.3, 0.4) is 0 Å². The minimum atomic E-state index is -3.63. The number of hydrogen-bond acceptors (Lipinski definition) is 3. The quantitative estimate of drug-likeness (QED) is 0.735. The molecular weight excluding hydrogens is 365 g/mol. The van der Waals surface area contributed by atoms with Gasteiger partial charge in [-0.05, 0) is 41.5 Å². The summed E-state index contributed by atoms with van der Waals surface area (Å²) in [6.45, 7) is 0. The summed E-state index contributed by atoms with van der Waals surface area (Å²) in [4.78, 5) is 1.90. The molecule has 0 aliphatic heterocycles. The number of halogens is 2. The second-order valence-electron chi connectivity index (χ2n) is 5.36. The molecule has 0 radical (unpaired) electrons. The molecule has 0 saturated carbocycles. The summed E-state index contributed by atoms with van der Waals surface area (Å²) < 4.78 is 25.5. The Labute approximate surface area is 152 Å². The molecule has 24 heavy (non-hydrogen) atoms. The number of benzene rings is 2. The molecule has 0 spiro atoms. The molecule has 0 atom stereocenters. The molecule has 6 heteroatoms. The fourth-order valence-electron chi connectivity index (χ4n) is 1.98. The fourth-order valence-corrected chi connectivity index (χ4v) is 3.53. The highest BCUT2D eigenvalue weighted by atomic mass is 35.5. The summed E-state index contributed by atoms with van der Waals surface area (Å²) in [7, 11) is -0.0845. The topological polar surface area (TPSA) is 37.4 Å². The van der Waals surface area contributed by atoms with Crippen molar-refractivity contribution in [2.24, 2.45) is 0 Å². The maximum absolute atomic E-state index is 12.8. The number of rotatable bonds is 5. The van der Waals surface area contributed by atoms with E-state index in [0.29, 0.717) is 15.6 Å². The van der Waals surface area contributed by atoms with Gasteiger partial charge in [0.15, 0.2) is 0 Å². The molecule has 0 N–H and O–H groups in total. The van der Waals surface area contributed by atoms with Crippen molar-refractivity contribution in [1.29, 1.82) is 0 Å². The van der Waals surface area contributed by atoms with Crippen LogP contribution in [0.5, 0.6) is 0 Å². The Kier molecular flexibility index (Phi) is 6.10. The van der Waals surface area contributed by atoms with Crippen molar-refractivity contribution in [3.63, 3.8) is 0 Å². The van der Waals surface area contributed by atoms with Crippen molar-refractivity contribution in [2.75, 3.05) is 14.1 Å².